The molecule has 1 amide bonds. The SMILES string of the molecule is CCn1nccc1[C@@H]1OCC[C@H]1C(=O)Nc1nnc2ccccn12. The van der Waals surface area contributed by atoms with Gasteiger partial charge in [0.15, 0.2) is 5.65 Å². The third-order valence-corrected chi connectivity index (χ3v) is 4.32. The molecular weight excluding hydrogens is 308 g/mol. The van der Waals surface area contributed by atoms with Crippen LogP contribution in [0.4, 0.5) is 5.95 Å². The number of nitrogens with zero attached hydrogens (tertiary/aromatic N) is 5. The van der Waals surface area contributed by atoms with Crippen LogP contribution in [-0.4, -0.2) is 36.9 Å². The molecule has 0 radical (unpaired) electrons. The van der Waals surface area contributed by atoms with E-state index in [1.807, 2.05) is 42.1 Å². The van der Waals surface area contributed by atoms with Crippen molar-refractivity contribution in [3.63, 3.8) is 0 Å². The molecule has 0 bridgehead atoms. The Bertz CT molecular complexity index is 870. The van der Waals surface area contributed by atoms with Crippen LogP contribution in [0.15, 0.2) is 36.7 Å². The van der Waals surface area contributed by atoms with Gasteiger partial charge in [0.05, 0.1) is 11.6 Å². The summed E-state index contributed by atoms with van der Waals surface area (Å²) in [6, 6.07) is 7.49. The molecule has 4 rings (SSSR count). The minimum Gasteiger partial charge on any atom is -0.371 e. The number of pyridine rings is 1. The minimum atomic E-state index is -0.286. The monoisotopic (exact) mass is 326 g/mol. The number of carbonyl (C=O) groups excluding carboxylic acids is 1. The summed E-state index contributed by atoms with van der Waals surface area (Å²) in [7, 11) is 0. The molecule has 24 heavy (non-hydrogen) atoms. The van der Waals surface area contributed by atoms with Crippen molar-refractivity contribution in [2.45, 2.75) is 26.0 Å². The summed E-state index contributed by atoms with van der Waals surface area (Å²) in [5.41, 5.74) is 1.62. The van der Waals surface area contributed by atoms with Gasteiger partial charge in [0, 0.05) is 25.5 Å². The lowest BCUT2D eigenvalue weighted by molar-refractivity contribution is -0.121. The molecule has 1 saturated heterocycles. The maximum Gasteiger partial charge on any atom is 0.235 e. The zero-order chi connectivity index (χ0) is 16.5. The first kappa shape index (κ1) is 14.8. The maximum absolute atomic E-state index is 12.8. The van der Waals surface area contributed by atoms with Gasteiger partial charge in [0.2, 0.25) is 11.9 Å². The van der Waals surface area contributed by atoms with Crippen LogP contribution < -0.4 is 5.32 Å². The molecule has 0 aromatic carbocycles. The predicted molar refractivity (Wildman–Crippen MR) is 86.3 cm³/mol. The van der Waals surface area contributed by atoms with Gasteiger partial charge in [-0.2, -0.15) is 5.10 Å². The van der Waals surface area contributed by atoms with Crippen molar-refractivity contribution in [2.75, 3.05) is 11.9 Å². The lowest BCUT2D eigenvalue weighted by Crippen LogP contribution is -2.27. The van der Waals surface area contributed by atoms with Gasteiger partial charge in [-0.15, -0.1) is 10.2 Å². The molecule has 0 spiro atoms. The van der Waals surface area contributed by atoms with Crippen LogP contribution in [0, 0.1) is 5.92 Å². The molecule has 3 aromatic rings. The fourth-order valence-corrected chi connectivity index (χ4v) is 3.13. The standard InChI is InChI=1S/C16H18N6O2/c1-2-22-12(6-8-17-22)14-11(7-10-24-14)15(23)18-16-20-19-13-5-3-4-9-21(13)16/h3-6,8-9,11,14H,2,7,10H2,1H3,(H,18,20,23)/t11-,14-/m1/s1. The summed E-state index contributed by atoms with van der Waals surface area (Å²) in [5.74, 6) is 0.0350. The molecule has 0 saturated carbocycles. The lowest BCUT2D eigenvalue weighted by Gasteiger charge is -2.18. The third-order valence-electron chi connectivity index (χ3n) is 4.32. The van der Waals surface area contributed by atoms with E-state index >= 15 is 0 Å². The van der Waals surface area contributed by atoms with Crippen molar-refractivity contribution < 1.29 is 9.53 Å². The number of fused-ring (bicyclic) bond motifs is 1. The summed E-state index contributed by atoms with van der Waals surface area (Å²) in [5, 5.41) is 15.2. The van der Waals surface area contributed by atoms with Crippen molar-refractivity contribution in [1.82, 2.24) is 24.4 Å². The highest BCUT2D eigenvalue weighted by molar-refractivity contribution is 5.92. The average molecular weight is 326 g/mol. The second-order valence-corrected chi connectivity index (χ2v) is 5.70. The number of ether oxygens (including phenoxy) is 1. The quantitative estimate of drug-likeness (QED) is 0.788. The van der Waals surface area contributed by atoms with Crippen molar-refractivity contribution in [3.8, 4) is 0 Å². The fraction of sp³-hybridized carbons (Fsp3) is 0.375. The van der Waals surface area contributed by atoms with E-state index < -0.39 is 0 Å². The van der Waals surface area contributed by atoms with Crippen LogP contribution in [0.25, 0.3) is 5.65 Å². The van der Waals surface area contributed by atoms with E-state index in [2.05, 4.69) is 20.6 Å². The van der Waals surface area contributed by atoms with Crippen LogP contribution in [-0.2, 0) is 16.1 Å². The highest BCUT2D eigenvalue weighted by Crippen LogP contribution is 2.35. The van der Waals surface area contributed by atoms with Gasteiger partial charge < -0.3 is 4.74 Å². The molecule has 4 heterocycles. The molecule has 0 unspecified atom stereocenters. The first-order valence-electron chi connectivity index (χ1n) is 8.02. The van der Waals surface area contributed by atoms with Crippen LogP contribution in [0.5, 0.6) is 0 Å². The number of aromatic nitrogens is 5. The Hall–Kier alpha value is -2.74. The normalized spacial score (nSPS) is 20.5. The molecule has 1 aliphatic heterocycles. The zero-order valence-electron chi connectivity index (χ0n) is 13.3. The van der Waals surface area contributed by atoms with Crippen LogP contribution >= 0.6 is 0 Å². The summed E-state index contributed by atoms with van der Waals surface area (Å²) in [6.07, 6.45) is 3.94. The largest absolute Gasteiger partial charge is 0.371 e. The zero-order valence-corrected chi connectivity index (χ0v) is 13.3. The van der Waals surface area contributed by atoms with E-state index in [1.54, 1.807) is 10.6 Å². The van der Waals surface area contributed by atoms with Crippen molar-refractivity contribution in [2.24, 2.45) is 5.92 Å². The Morgan fingerprint density at radius 2 is 2.29 bits per heavy atom. The molecule has 1 N–H and O–H groups in total. The molecule has 1 fully saturated rings. The second-order valence-electron chi connectivity index (χ2n) is 5.70. The number of aryl methyl sites for hydroxylation is 1. The van der Waals surface area contributed by atoms with Gasteiger partial charge in [-0.1, -0.05) is 6.07 Å². The van der Waals surface area contributed by atoms with E-state index in [-0.39, 0.29) is 17.9 Å². The molecule has 8 nitrogen and oxygen atoms in total. The first-order valence-corrected chi connectivity index (χ1v) is 8.02. The Balaban J connectivity index is 1.57. The molecular formula is C16H18N6O2. The molecule has 124 valence electrons. The Morgan fingerprint density at radius 3 is 3.17 bits per heavy atom. The molecule has 1 aliphatic rings. The average Bonchev–Trinajstić information content (AvgIpc) is 3.33. The molecule has 0 aliphatic carbocycles. The van der Waals surface area contributed by atoms with E-state index in [0.717, 1.165) is 12.2 Å². The number of anilines is 1. The number of carbonyl (C=O) groups is 1. The van der Waals surface area contributed by atoms with Crippen molar-refractivity contribution in [3.05, 3.63) is 42.4 Å². The van der Waals surface area contributed by atoms with Gasteiger partial charge >= 0.3 is 0 Å². The molecule has 3 aromatic heterocycles. The van der Waals surface area contributed by atoms with E-state index in [1.165, 1.54) is 0 Å². The number of hydrogen-bond donors (Lipinski definition) is 1. The Morgan fingerprint density at radius 1 is 1.38 bits per heavy atom. The number of rotatable bonds is 4. The molecule has 8 heteroatoms. The van der Waals surface area contributed by atoms with E-state index in [0.29, 0.717) is 24.6 Å². The summed E-state index contributed by atoms with van der Waals surface area (Å²) < 4.78 is 9.43. The number of amides is 1. The van der Waals surface area contributed by atoms with Crippen LogP contribution in [0.3, 0.4) is 0 Å². The highest BCUT2D eigenvalue weighted by Gasteiger charge is 2.37. The van der Waals surface area contributed by atoms with Crippen LogP contribution in [0.2, 0.25) is 0 Å². The Kier molecular flexibility index (Phi) is 3.73. The highest BCUT2D eigenvalue weighted by atomic mass is 16.5. The van der Waals surface area contributed by atoms with E-state index in [9.17, 15) is 4.79 Å². The van der Waals surface area contributed by atoms with Gasteiger partial charge in [0.1, 0.15) is 6.10 Å². The summed E-state index contributed by atoms with van der Waals surface area (Å²) >= 11 is 0. The summed E-state index contributed by atoms with van der Waals surface area (Å²) in [6.45, 7) is 3.31. The van der Waals surface area contributed by atoms with Gasteiger partial charge in [-0.3, -0.25) is 19.2 Å². The second kappa shape index (κ2) is 6.04. The van der Waals surface area contributed by atoms with Gasteiger partial charge in [-0.25, -0.2) is 0 Å². The predicted octanol–water partition coefficient (Wildman–Crippen LogP) is 1.66. The van der Waals surface area contributed by atoms with Gasteiger partial charge in [0.25, 0.3) is 0 Å². The van der Waals surface area contributed by atoms with E-state index in [4.69, 9.17) is 4.74 Å². The topological polar surface area (TPSA) is 86.3 Å². The maximum atomic E-state index is 12.8. The minimum absolute atomic E-state index is 0.112. The lowest BCUT2D eigenvalue weighted by atomic mass is 9.98. The Labute approximate surface area is 138 Å². The smallest absolute Gasteiger partial charge is 0.235 e. The number of hydrogen-bond acceptors (Lipinski definition) is 5. The third kappa shape index (κ3) is 2.44. The van der Waals surface area contributed by atoms with Crippen molar-refractivity contribution >= 4 is 17.5 Å². The van der Waals surface area contributed by atoms with Gasteiger partial charge in [-0.05, 0) is 31.5 Å². The number of nitrogens with one attached hydrogen (secondary N) is 1. The summed E-state index contributed by atoms with van der Waals surface area (Å²) in [4.78, 5) is 12.8. The van der Waals surface area contributed by atoms with Crippen molar-refractivity contribution in [1.29, 1.82) is 0 Å². The first-order chi connectivity index (χ1) is 11.8. The fourth-order valence-electron chi connectivity index (χ4n) is 3.13. The van der Waals surface area contributed by atoms with Crippen LogP contribution in [0.1, 0.15) is 25.1 Å². The molecule has 2 atom stereocenters.